The summed E-state index contributed by atoms with van der Waals surface area (Å²) in [6, 6.07) is -3.50. The summed E-state index contributed by atoms with van der Waals surface area (Å²) in [5.41, 5.74) is 4.16. The Morgan fingerprint density at radius 1 is 0.974 bits per heavy atom. The summed E-state index contributed by atoms with van der Waals surface area (Å²) in [6.07, 6.45) is 1.44. The Labute approximate surface area is 231 Å². The van der Waals surface area contributed by atoms with Crippen LogP contribution in [-0.2, 0) is 23.9 Å². The van der Waals surface area contributed by atoms with Gasteiger partial charge in [0.2, 0.25) is 17.6 Å². The Kier molecular flexibility index (Phi) is 8.47. The van der Waals surface area contributed by atoms with E-state index in [-0.39, 0.29) is 40.5 Å². The predicted molar refractivity (Wildman–Crippen MR) is 145 cm³/mol. The smallest absolute Gasteiger partial charge is 0.315 e. The number of carbonyl (C=O) groups excluding carboxylic acids is 5. The molecule has 3 aliphatic rings. The number of rotatable bonds is 10. The Hall–Kier alpha value is -2.69. The number of carbonyl (C=O) groups is 5. The van der Waals surface area contributed by atoms with Crippen LogP contribution in [0.4, 0.5) is 4.79 Å². The van der Waals surface area contributed by atoms with E-state index in [1.54, 1.807) is 12.0 Å². The molecule has 2 saturated carbocycles. The molecule has 1 saturated heterocycles. The third kappa shape index (κ3) is 6.56. The minimum atomic E-state index is -1.08. The van der Waals surface area contributed by atoms with Crippen molar-refractivity contribution < 1.29 is 28.7 Å². The van der Waals surface area contributed by atoms with Crippen LogP contribution in [0.2, 0.25) is 0 Å². The quantitative estimate of drug-likeness (QED) is 0.300. The van der Waals surface area contributed by atoms with E-state index < -0.39 is 47.2 Å². The van der Waals surface area contributed by atoms with Gasteiger partial charge in [0, 0.05) is 13.7 Å². The average molecular weight is 550 g/mol. The first kappa shape index (κ1) is 30.8. The van der Waals surface area contributed by atoms with Gasteiger partial charge in [0.1, 0.15) is 18.1 Å². The molecule has 0 radical (unpaired) electrons. The van der Waals surface area contributed by atoms with Gasteiger partial charge in [0.05, 0.1) is 12.6 Å². The van der Waals surface area contributed by atoms with Crippen molar-refractivity contribution in [2.75, 3.05) is 20.3 Å². The molecule has 11 heteroatoms. The first-order valence-electron chi connectivity index (χ1n) is 13.8. The van der Waals surface area contributed by atoms with E-state index in [0.29, 0.717) is 13.2 Å². The number of likely N-dealkylation sites (tertiary alicyclic amines) is 1. The zero-order chi connectivity index (χ0) is 29.7. The number of Topliss-reactive ketones (excluding diaryl/α,β-unsaturated/α-hetero) is 1. The molecule has 5 N–H and O–H groups in total. The molecule has 5 amide bonds. The largest absolute Gasteiger partial charge is 0.383 e. The number of fused-ring (bicyclic) bond motifs is 1. The maximum Gasteiger partial charge on any atom is 0.315 e. The van der Waals surface area contributed by atoms with Crippen LogP contribution in [0.3, 0.4) is 0 Å². The zero-order valence-electron chi connectivity index (χ0n) is 24.8. The monoisotopic (exact) mass is 549 g/mol. The standard InChI is InChI=1S/C28H47N5O6/c1-26(2,3)16(13-39-9)30-25(38)32-21(27(4,5)6)24(37)33-12-15-17(28(15,7)8)19(33)23(36)31-18(14-10-11-14)20(34)22(29)35/h14-19,21H,10-13H2,1-9H3,(H2,29,35)(H,31,36)(H2,30,32,38)/t15-,16+,17-,18?,19-,21+/m0/s1. The molecule has 220 valence electrons. The predicted octanol–water partition coefficient (Wildman–Crippen LogP) is 1.19. The maximum atomic E-state index is 14.0. The lowest BCUT2D eigenvalue weighted by Crippen LogP contribution is -2.62. The van der Waals surface area contributed by atoms with E-state index >= 15 is 0 Å². The van der Waals surface area contributed by atoms with Crippen molar-refractivity contribution in [2.45, 2.75) is 92.4 Å². The molecule has 3 fully saturated rings. The number of nitrogens with one attached hydrogen (secondary N) is 3. The van der Waals surface area contributed by atoms with Gasteiger partial charge in [-0.25, -0.2) is 4.79 Å². The summed E-state index contributed by atoms with van der Waals surface area (Å²) >= 11 is 0. The fourth-order valence-electron chi connectivity index (χ4n) is 5.85. The molecule has 0 aromatic carbocycles. The van der Waals surface area contributed by atoms with Gasteiger partial charge < -0.3 is 31.3 Å². The van der Waals surface area contributed by atoms with Crippen molar-refractivity contribution in [2.24, 2.45) is 39.7 Å². The summed E-state index contributed by atoms with van der Waals surface area (Å²) in [6.45, 7) is 16.3. The molecule has 0 spiro atoms. The Morgan fingerprint density at radius 2 is 1.56 bits per heavy atom. The van der Waals surface area contributed by atoms with Crippen LogP contribution in [0, 0.1) is 34.0 Å². The molecule has 0 aromatic rings. The van der Waals surface area contributed by atoms with Crippen LogP contribution in [0.1, 0.15) is 68.2 Å². The number of ketones is 1. The number of nitrogens with two attached hydrogens (primary N) is 1. The molecule has 0 aromatic heterocycles. The summed E-state index contributed by atoms with van der Waals surface area (Å²) in [5.74, 6) is -2.82. The number of ether oxygens (including phenoxy) is 1. The van der Waals surface area contributed by atoms with Crippen molar-refractivity contribution in [3.8, 4) is 0 Å². The van der Waals surface area contributed by atoms with Gasteiger partial charge in [0.15, 0.2) is 0 Å². The minimum absolute atomic E-state index is 0.0913. The van der Waals surface area contributed by atoms with E-state index in [4.69, 9.17) is 10.5 Å². The maximum absolute atomic E-state index is 14.0. The fraction of sp³-hybridized carbons (Fsp3) is 0.821. The fourth-order valence-corrected chi connectivity index (χ4v) is 5.85. The van der Waals surface area contributed by atoms with Crippen molar-refractivity contribution >= 4 is 29.5 Å². The van der Waals surface area contributed by atoms with Crippen LogP contribution >= 0.6 is 0 Å². The number of nitrogens with zero attached hydrogens (tertiary/aromatic N) is 1. The second kappa shape index (κ2) is 10.7. The lowest BCUT2D eigenvalue weighted by atomic mass is 9.85. The Bertz CT molecular complexity index is 1010. The van der Waals surface area contributed by atoms with Gasteiger partial charge in [-0.15, -0.1) is 0 Å². The molecule has 2 aliphatic carbocycles. The van der Waals surface area contributed by atoms with Crippen LogP contribution in [0.15, 0.2) is 0 Å². The van der Waals surface area contributed by atoms with Gasteiger partial charge in [-0.3, -0.25) is 19.2 Å². The highest BCUT2D eigenvalue weighted by Crippen LogP contribution is 2.65. The van der Waals surface area contributed by atoms with Crippen molar-refractivity contribution in [1.29, 1.82) is 0 Å². The molecule has 1 aliphatic heterocycles. The highest BCUT2D eigenvalue weighted by atomic mass is 16.5. The molecule has 0 bridgehead atoms. The Balaban J connectivity index is 1.82. The van der Waals surface area contributed by atoms with E-state index in [1.807, 2.05) is 41.5 Å². The lowest BCUT2D eigenvalue weighted by Gasteiger charge is -2.38. The average Bonchev–Trinajstić information content (AvgIpc) is 3.67. The van der Waals surface area contributed by atoms with E-state index in [2.05, 4.69) is 29.8 Å². The van der Waals surface area contributed by atoms with Gasteiger partial charge in [-0.05, 0) is 46.8 Å². The highest BCUT2D eigenvalue weighted by molar-refractivity contribution is 6.38. The first-order valence-corrected chi connectivity index (χ1v) is 13.8. The second-order valence-corrected chi connectivity index (χ2v) is 14.2. The second-order valence-electron chi connectivity index (χ2n) is 14.2. The number of amides is 5. The number of hydrogen-bond acceptors (Lipinski definition) is 6. The third-order valence-corrected chi connectivity index (χ3v) is 8.75. The number of hydrogen-bond donors (Lipinski definition) is 4. The van der Waals surface area contributed by atoms with E-state index in [9.17, 15) is 24.0 Å². The van der Waals surface area contributed by atoms with Crippen molar-refractivity contribution in [3.63, 3.8) is 0 Å². The van der Waals surface area contributed by atoms with Gasteiger partial charge in [0.25, 0.3) is 5.91 Å². The Morgan fingerprint density at radius 3 is 2.03 bits per heavy atom. The lowest BCUT2D eigenvalue weighted by molar-refractivity contribution is -0.145. The van der Waals surface area contributed by atoms with E-state index in [0.717, 1.165) is 12.8 Å². The van der Waals surface area contributed by atoms with Crippen molar-refractivity contribution in [1.82, 2.24) is 20.9 Å². The third-order valence-electron chi connectivity index (χ3n) is 8.75. The molecule has 6 atom stereocenters. The van der Waals surface area contributed by atoms with E-state index in [1.165, 1.54) is 0 Å². The van der Waals surface area contributed by atoms with Gasteiger partial charge >= 0.3 is 6.03 Å². The summed E-state index contributed by atoms with van der Waals surface area (Å²) < 4.78 is 5.28. The molecular formula is C28H47N5O6. The normalized spacial score (nSPS) is 26.1. The number of methoxy groups -OCH3 is 1. The zero-order valence-corrected chi connectivity index (χ0v) is 24.8. The minimum Gasteiger partial charge on any atom is -0.383 e. The molecule has 3 rings (SSSR count). The van der Waals surface area contributed by atoms with Crippen molar-refractivity contribution in [3.05, 3.63) is 0 Å². The summed E-state index contributed by atoms with van der Waals surface area (Å²) in [5, 5.41) is 8.56. The topological polar surface area (TPSA) is 160 Å². The van der Waals surface area contributed by atoms with Crippen LogP contribution in [0.25, 0.3) is 0 Å². The number of urea groups is 1. The SMILES string of the molecule is COC[C@@H](NC(=O)N[C@H](C(=O)N1C[C@H]2[C@@H]([C@H]1C(=O)NC(C(=O)C(N)=O)C1CC1)C2(C)C)C(C)(C)C)C(C)(C)C. The van der Waals surface area contributed by atoms with Crippen LogP contribution in [-0.4, -0.2) is 78.9 Å². The molecule has 11 nitrogen and oxygen atoms in total. The molecular weight excluding hydrogens is 502 g/mol. The summed E-state index contributed by atoms with van der Waals surface area (Å²) in [7, 11) is 1.57. The van der Waals surface area contributed by atoms with Crippen LogP contribution in [0.5, 0.6) is 0 Å². The molecule has 1 heterocycles. The molecule has 1 unspecified atom stereocenters. The molecule has 39 heavy (non-hydrogen) atoms. The van der Waals surface area contributed by atoms with Crippen LogP contribution < -0.4 is 21.7 Å². The number of primary amides is 1. The highest BCUT2D eigenvalue weighted by Gasteiger charge is 2.70. The first-order chi connectivity index (χ1) is 17.8. The number of piperidine rings is 1. The van der Waals surface area contributed by atoms with Gasteiger partial charge in [-0.1, -0.05) is 55.4 Å². The van der Waals surface area contributed by atoms with Gasteiger partial charge in [-0.2, -0.15) is 0 Å². The summed E-state index contributed by atoms with van der Waals surface area (Å²) in [4.78, 5) is 66.4.